The Morgan fingerprint density at radius 1 is 1.35 bits per heavy atom. The van der Waals surface area contributed by atoms with E-state index in [9.17, 15) is 0 Å². The first-order valence-corrected chi connectivity index (χ1v) is 5.92. The summed E-state index contributed by atoms with van der Waals surface area (Å²) in [6.07, 6.45) is 0. The molecule has 17 heavy (non-hydrogen) atoms. The van der Waals surface area contributed by atoms with Crippen LogP contribution in [0.5, 0.6) is 5.75 Å². The molecule has 0 saturated heterocycles. The number of methoxy groups -OCH3 is 1. The van der Waals surface area contributed by atoms with Gasteiger partial charge in [-0.2, -0.15) is 0 Å². The number of nitrogens with zero attached hydrogens (tertiary/aromatic N) is 4. The molecule has 6 heteroatoms. The molecule has 1 aromatic heterocycles. The van der Waals surface area contributed by atoms with E-state index in [1.165, 1.54) is 0 Å². The summed E-state index contributed by atoms with van der Waals surface area (Å²) in [5, 5.41) is 11.5. The molecule has 1 aromatic carbocycles. The Hall–Kier alpha value is -1.62. The zero-order chi connectivity index (χ0) is 12.1. The van der Waals surface area contributed by atoms with E-state index in [-0.39, 0.29) is 0 Å². The number of benzene rings is 1. The van der Waals surface area contributed by atoms with Crippen LogP contribution in [0.2, 0.25) is 0 Å². The summed E-state index contributed by atoms with van der Waals surface area (Å²) in [7, 11) is 1.63. The lowest BCUT2D eigenvalue weighted by molar-refractivity contribution is 0.415. The van der Waals surface area contributed by atoms with Gasteiger partial charge in [-0.25, -0.2) is 4.68 Å². The van der Waals surface area contributed by atoms with Gasteiger partial charge in [0.1, 0.15) is 12.3 Å². The highest BCUT2D eigenvalue weighted by Gasteiger charge is 2.07. The van der Waals surface area contributed by atoms with Crippen LogP contribution in [-0.2, 0) is 6.54 Å². The molecule has 0 aliphatic rings. The Bertz CT molecular complexity index is 553. The van der Waals surface area contributed by atoms with E-state index in [0.717, 1.165) is 11.3 Å². The van der Waals surface area contributed by atoms with Crippen molar-refractivity contribution in [2.45, 2.75) is 6.54 Å². The Morgan fingerprint density at radius 2 is 2.12 bits per heavy atom. The molecule has 2 aromatic rings. The lowest BCUT2D eigenvalue weighted by Gasteiger charge is -2.02. The molecule has 0 saturated carbocycles. The SMILES string of the molecule is COc1ccc(-c2nnnn2CC#CI)cc1. The summed E-state index contributed by atoms with van der Waals surface area (Å²) in [4.78, 5) is 0. The quantitative estimate of drug-likeness (QED) is 0.631. The number of tetrazole rings is 1. The van der Waals surface area contributed by atoms with Gasteiger partial charge in [0.25, 0.3) is 0 Å². The Balaban J connectivity index is 2.31. The molecule has 0 unspecified atom stereocenters. The number of hydrogen-bond acceptors (Lipinski definition) is 4. The first kappa shape index (κ1) is 11.9. The largest absolute Gasteiger partial charge is 0.497 e. The Labute approximate surface area is 112 Å². The van der Waals surface area contributed by atoms with Crippen LogP contribution in [0.15, 0.2) is 24.3 Å². The number of ether oxygens (including phenoxy) is 1. The molecular formula is C11H9IN4O. The van der Waals surface area contributed by atoms with Crippen molar-refractivity contribution in [1.29, 1.82) is 0 Å². The summed E-state index contributed by atoms with van der Waals surface area (Å²) in [6, 6.07) is 7.58. The summed E-state index contributed by atoms with van der Waals surface area (Å²) in [5.74, 6) is 4.42. The van der Waals surface area contributed by atoms with Gasteiger partial charge in [0.05, 0.1) is 7.11 Å². The van der Waals surface area contributed by atoms with E-state index in [1.54, 1.807) is 11.8 Å². The molecular weight excluding hydrogens is 331 g/mol. The molecule has 0 bridgehead atoms. The van der Waals surface area contributed by atoms with Crippen molar-refractivity contribution < 1.29 is 4.74 Å². The van der Waals surface area contributed by atoms with E-state index in [0.29, 0.717) is 12.4 Å². The maximum atomic E-state index is 5.10. The van der Waals surface area contributed by atoms with E-state index in [2.05, 4.69) is 25.4 Å². The third-order valence-electron chi connectivity index (χ3n) is 2.18. The Morgan fingerprint density at radius 3 is 2.76 bits per heavy atom. The highest BCUT2D eigenvalue weighted by molar-refractivity contribution is 14.1. The van der Waals surface area contributed by atoms with Crippen molar-refractivity contribution in [2.75, 3.05) is 7.11 Å². The van der Waals surface area contributed by atoms with Crippen LogP contribution in [0.4, 0.5) is 0 Å². The molecule has 5 nitrogen and oxygen atoms in total. The van der Waals surface area contributed by atoms with Crippen molar-refractivity contribution in [1.82, 2.24) is 20.2 Å². The van der Waals surface area contributed by atoms with E-state index >= 15 is 0 Å². The molecule has 0 N–H and O–H groups in total. The maximum Gasteiger partial charge on any atom is 0.182 e. The van der Waals surface area contributed by atoms with Gasteiger partial charge in [-0.05, 0) is 38.6 Å². The number of rotatable bonds is 3. The zero-order valence-corrected chi connectivity index (χ0v) is 11.2. The fourth-order valence-corrected chi connectivity index (χ4v) is 1.53. The van der Waals surface area contributed by atoms with Crippen molar-refractivity contribution in [3.05, 3.63) is 24.3 Å². The highest BCUT2D eigenvalue weighted by atomic mass is 127. The van der Waals surface area contributed by atoms with E-state index in [1.807, 2.05) is 46.9 Å². The predicted octanol–water partition coefficient (Wildman–Crippen LogP) is 1.74. The van der Waals surface area contributed by atoms with Gasteiger partial charge < -0.3 is 4.74 Å². The topological polar surface area (TPSA) is 52.8 Å². The molecule has 0 spiro atoms. The van der Waals surface area contributed by atoms with Gasteiger partial charge in [0, 0.05) is 28.2 Å². The summed E-state index contributed by atoms with van der Waals surface area (Å²) < 4.78 is 9.55. The lowest BCUT2D eigenvalue weighted by Crippen LogP contribution is -2.01. The van der Waals surface area contributed by atoms with Crippen LogP contribution in [0.1, 0.15) is 0 Å². The molecule has 0 atom stereocenters. The molecule has 0 amide bonds. The van der Waals surface area contributed by atoms with Gasteiger partial charge in [-0.3, -0.25) is 0 Å². The third kappa shape index (κ3) is 2.74. The van der Waals surface area contributed by atoms with Crippen molar-refractivity contribution in [3.63, 3.8) is 0 Å². The highest BCUT2D eigenvalue weighted by Crippen LogP contribution is 2.19. The summed E-state index contributed by atoms with van der Waals surface area (Å²) in [6.45, 7) is 0.483. The monoisotopic (exact) mass is 340 g/mol. The van der Waals surface area contributed by atoms with Gasteiger partial charge in [0.15, 0.2) is 5.82 Å². The zero-order valence-electron chi connectivity index (χ0n) is 9.09. The van der Waals surface area contributed by atoms with Crippen LogP contribution in [0.25, 0.3) is 11.4 Å². The third-order valence-corrected chi connectivity index (χ3v) is 2.56. The predicted molar refractivity (Wildman–Crippen MR) is 71.6 cm³/mol. The fourth-order valence-electron chi connectivity index (χ4n) is 1.36. The number of hydrogen-bond donors (Lipinski definition) is 0. The fraction of sp³-hybridized carbons (Fsp3) is 0.182. The van der Waals surface area contributed by atoms with Crippen LogP contribution >= 0.6 is 22.6 Å². The first-order valence-electron chi connectivity index (χ1n) is 4.84. The molecule has 0 aliphatic heterocycles. The molecule has 0 radical (unpaired) electrons. The van der Waals surface area contributed by atoms with E-state index in [4.69, 9.17) is 4.74 Å². The van der Waals surface area contributed by atoms with Crippen LogP contribution < -0.4 is 4.74 Å². The number of halogens is 1. The average Bonchev–Trinajstić information content (AvgIpc) is 2.84. The molecule has 2 rings (SSSR count). The molecule has 86 valence electrons. The van der Waals surface area contributed by atoms with Gasteiger partial charge in [-0.15, -0.1) is 5.10 Å². The van der Waals surface area contributed by atoms with E-state index < -0.39 is 0 Å². The second-order valence-corrected chi connectivity index (χ2v) is 3.70. The smallest absolute Gasteiger partial charge is 0.182 e. The van der Waals surface area contributed by atoms with Crippen molar-refractivity contribution in [3.8, 4) is 27.0 Å². The summed E-state index contributed by atoms with van der Waals surface area (Å²) in [5.41, 5.74) is 0.936. The van der Waals surface area contributed by atoms with Gasteiger partial charge >= 0.3 is 0 Å². The van der Waals surface area contributed by atoms with Crippen LogP contribution in [0, 0.1) is 9.85 Å². The number of aromatic nitrogens is 4. The van der Waals surface area contributed by atoms with Crippen LogP contribution in [-0.4, -0.2) is 27.3 Å². The maximum absolute atomic E-state index is 5.10. The molecule has 1 heterocycles. The summed E-state index contributed by atoms with van der Waals surface area (Å²) >= 11 is 1.99. The van der Waals surface area contributed by atoms with Gasteiger partial charge in [-0.1, -0.05) is 5.92 Å². The first-order chi connectivity index (χ1) is 8.35. The normalized spacial score (nSPS) is 9.53. The Kier molecular flexibility index (Phi) is 3.93. The second-order valence-electron chi connectivity index (χ2n) is 3.16. The standard InChI is InChI=1S/C11H9IN4O/c1-17-10-5-3-9(4-6-10)11-13-14-15-16(11)8-2-7-12/h3-6H,8H2,1H3. The second kappa shape index (κ2) is 5.63. The molecule has 0 aliphatic carbocycles. The van der Waals surface area contributed by atoms with Gasteiger partial charge in [0.2, 0.25) is 0 Å². The molecule has 0 fully saturated rings. The van der Waals surface area contributed by atoms with Crippen LogP contribution in [0.3, 0.4) is 0 Å². The van der Waals surface area contributed by atoms with Crippen molar-refractivity contribution >= 4 is 22.6 Å². The minimum absolute atomic E-state index is 0.483. The average molecular weight is 340 g/mol. The van der Waals surface area contributed by atoms with Crippen molar-refractivity contribution in [2.24, 2.45) is 0 Å². The minimum atomic E-state index is 0.483. The minimum Gasteiger partial charge on any atom is -0.497 e. The lowest BCUT2D eigenvalue weighted by atomic mass is 10.2.